The number of aliphatic hydroxyl groups excluding tert-OH is 1. The van der Waals surface area contributed by atoms with Crippen LogP contribution in [-0.4, -0.2) is 39.2 Å². The highest BCUT2D eigenvalue weighted by Crippen LogP contribution is 2.31. The lowest BCUT2D eigenvalue weighted by atomic mass is 10.2. The topological polar surface area (TPSA) is 96.1 Å². The first-order chi connectivity index (χ1) is 10.1. The van der Waals surface area contributed by atoms with E-state index in [0.29, 0.717) is 5.95 Å². The van der Waals surface area contributed by atoms with Crippen molar-refractivity contribution in [1.82, 2.24) is 9.97 Å². The molecule has 0 saturated carbocycles. The zero-order valence-electron chi connectivity index (χ0n) is 12.4. The number of nitrogen functional groups attached to an aromatic ring is 1. The second-order valence-electron chi connectivity index (χ2n) is 4.71. The number of aromatic nitrogens is 2. The Morgan fingerprint density at radius 3 is 2.81 bits per heavy atom. The van der Waals surface area contributed by atoms with Gasteiger partial charge in [0.05, 0.1) is 12.0 Å². The first-order valence-electron chi connectivity index (χ1n) is 6.80. The average Bonchev–Trinajstić information content (AvgIpc) is 2.91. The molecule has 21 heavy (non-hydrogen) atoms. The number of nitrogens with zero attached hydrogens (tertiary/aromatic N) is 2. The van der Waals surface area contributed by atoms with Crippen LogP contribution in [0.1, 0.15) is 18.7 Å². The zero-order valence-corrected chi connectivity index (χ0v) is 14.0. The molecule has 2 rings (SSSR count). The average molecular weight is 327 g/mol. The predicted molar refractivity (Wildman–Crippen MR) is 92.1 cm³/mol. The van der Waals surface area contributed by atoms with Crippen LogP contribution in [0.4, 0.5) is 11.8 Å². The number of hydrazine groups is 1. The number of hydrogen-bond donors (Lipinski definition) is 4. The van der Waals surface area contributed by atoms with E-state index in [2.05, 4.69) is 33.7 Å². The number of hydrogen-bond acceptors (Lipinski definition) is 8. The number of rotatable bonds is 7. The summed E-state index contributed by atoms with van der Waals surface area (Å²) in [5, 5.41) is 13.9. The van der Waals surface area contributed by atoms with Gasteiger partial charge >= 0.3 is 0 Å². The largest absolute Gasteiger partial charge is 0.395 e. The summed E-state index contributed by atoms with van der Waals surface area (Å²) >= 11 is 3.28. The number of thiophene rings is 1. The fourth-order valence-corrected chi connectivity index (χ4v) is 3.66. The van der Waals surface area contributed by atoms with E-state index in [1.54, 1.807) is 23.1 Å². The van der Waals surface area contributed by atoms with Crippen LogP contribution in [-0.2, 0) is 6.42 Å². The molecule has 5 N–H and O–H groups in total. The van der Waals surface area contributed by atoms with E-state index in [9.17, 15) is 5.11 Å². The maximum Gasteiger partial charge on any atom is 0.240 e. The van der Waals surface area contributed by atoms with Gasteiger partial charge in [-0.3, -0.25) is 5.43 Å². The van der Waals surface area contributed by atoms with E-state index < -0.39 is 0 Å². The van der Waals surface area contributed by atoms with Gasteiger partial charge in [0, 0.05) is 16.2 Å². The Hall–Kier alpha value is -1.09. The van der Waals surface area contributed by atoms with Crippen LogP contribution in [0.3, 0.4) is 0 Å². The minimum absolute atomic E-state index is 0.0821. The Labute approximate surface area is 132 Å². The number of aliphatic hydroxyl groups is 1. The Bertz CT molecular complexity index is 600. The maximum atomic E-state index is 9.41. The fourth-order valence-electron chi connectivity index (χ4n) is 2.07. The number of thioether (sulfide) groups is 1. The summed E-state index contributed by atoms with van der Waals surface area (Å²) in [6.45, 7) is 4.27. The smallest absolute Gasteiger partial charge is 0.240 e. The third kappa shape index (κ3) is 3.57. The van der Waals surface area contributed by atoms with Crippen LogP contribution in [0.25, 0.3) is 10.2 Å². The third-order valence-electron chi connectivity index (χ3n) is 3.33. The molecular formula is C13H21N5OS2. The van der Waals surface area contributed by atoms with Crippen LogP contribution in [0, 0.1) is 0 Å². The SMILES string of the molecule is CCc1cc2c(NC(C)C(CO)SC)nc(NN)nc2s1. The molecular weight excluding hydrogens is 306 g/mol. The Morgan fingerprint density at radius 1 is 1.48 bits per heavy atom. The molecule has 2 aromatic heterocycles. The Morgan fingerprint density at radius 2 is 2.24 bits per heavy atom. The van der Waals surface area contributed by atoms with Gasteiger partial charge in [-0.1, -0.05) is 6.92 Å². The molecule has 0 aliphatic heterocycles. The molecule has 2 heterocycles. The van der Waals surface area contributed by atoms with Gasteiger partial charge in [-0.15, -0.1) is 11.3 Å². The molecule has 0 aliphatic carbocycles. The highest BCUT2D eigenvalue weighted by atomic mass is 32.2. The molecule has 0 saturated heterocycles. The molecule has 0 aromatic carbocycles. The molecule has 8 heteroatoms. The van der Waals surface area contributed by atoms with E-state index in [0.717, 1.165) is 22.5 Å². The first kappa shape index (κ1) is 16.3. The van der Waals surface area contributed by atoms with Crippen LogP contribution >= 0.6 is 23.1 Å². The lowest BCUT2D eigenvalue weighted by Crippen LogP contribution is -2.31. The van der Waals surface area contributed by atoms with E-state index in [1.165, 1.54) is 4.88 Å². The van der Waals surface area contributed by atoms with Gasteiger partial charge < -0.3 is 10.4 Å². The lowest BCUT2D eigenvalue weighted by Gasteiger charge is -2.22. The molecule has 0 radical (unpaired) electrons. The van der Waals surface area contributed by atoms with Crippen molar-refractivity contribution in [2.45, 2.75) is 31.6 Å². The van der Waals surface area contributed by atoms with E-state index >= 15 is 0 Å². The van der Waals surface area contributed by atoms with Crippen molar-refractivity contribution >= 4 is 45.1 Å². The maximum absolute atomic E-state index is 9.41. The molecule has 0 amide bonds. The van der Waals surface area contributed by atoms with Crippen molar-refractivity contribution in [3.8, 4) is 0 Å². The highest BCUT2D eigenvalue weighted by Gasteiger charge is 2.18. The van der Waals surface area contributed by atoms with Crippen molar-refractivity contribution in [3.05, 3.63) is 10.9 Å². The molecule has 0 fully saturated rings. The summed E-state index contributed by atoms with van der Waals surface area (Å²) in [5.74, 6) is 6.60. The van der Waals surface area contributed by atoms with Gasteiger partial charge in [0.25, 0.3) is 0 Å². The zero-order chi connectivity index (χ0) is 15.4. The minimum atomic E-state index is 0.0821. The number of aryl methyl sites for hydroxylation is 1. The standard InChI is InChI=1S/C13H21N5OS2/c1-4-8-5-9-11(15-7(2)10(6-19)20-3)16-13(18-14)17-12(9)21-8/h5,7,10,19H,4,6,14H2,1-3H3,(H2,15,16,17,18). The number of nitrogens with two attached hydrogens (primary N) is 1. The summed E-state index contributed by atoms with van der Waals surface area (Å²) < 4.78 is 0. The number of anilines is 2. The number of nitrogens with one attached hydrogen (secondary N) is 2. The second kappa shape index (κ2) is 7.26. The van der Waals surface area contributed by atoms with Gasteiger partial charge in [-0.2, -0.15) is 16.7 Å². The monoisotopic (exact) mass is 327 g/mol. The number of fused-ring (bicyclic) bond motifs is 1. The van der Waals surface area contributed by atoms with Gasteiger partial charge in [-0.25, -0.2) is 10.8 Å². The van der Waals surface area contributed by atoms with Gasteiger partial charge in [0.15, 0.2) is 0 Å². The molecule has 0 spiro atoms. The van der Waals surface area contributed by atoms with Crippen molar-refractivity contribution in [3.63, 3.8) is 0 Å². The van der Waals surface area contributed by atoms with Crippen molar-refractivity contribution in [2.75, 3.05) is 23.6 Å². The van der Waals surface area contributed by atoms with Crippen molar-refractivity contribution < 1.29 is 5.11 Å². The molecule has 116 valence electrons. The Balaban J connectivity index is 2.38. The van der Waals surface area contributed by atoms with Gasteiger partial charge in [0.1, 0.15) is 10.6 Å². The summed E-state index contributed by atoms with van der Waals surface area (Å²) in [4.78, 5) is 11.0. The molecule has 2 aromatic rings. The predicted octanol–water partition coefficient (Wildman–Crippen LogP) is 2.06. The normalized spacial score (nSPS) is 14.1. The quantitative estimate of drug-likeness (QED) is 0.456. The van der Waals surface area contributed by atoms with E-state index in [1.807, 2.05) is 13.2 Å². The summed E-state index contributed by atoms with van der Waals surface area (Å²) in [5.41, 5.74) is 2.51. The molecule has 0 aliphatic rings. The summed E-state index contributed by atoms with van der Waals surface area (Å²) in [6.07, 6.45) is 2.95. The van der Waals surface area contributed by atoms with Crippen LogP contribution in [0.15, 0.2) is 6.07 Å². The molecule has 6 nitrogen and oxygen atoms in total. The van der Waals surface area contributed by atoms with Gasteiger partial charge in [-0.05, 0) is 25.7 Å². The summed E-state index contributed by atoms with van der Waals surface area (Å²) in [6, 6.07) is 2.20. The summed E-state index contributed by atoms with van der Waals surface area (Å²) in [7, 11) is 0. The van der Waals surface area contributed by atoms with E-state index in [-0.39, 0.29) is 17.9 Å². The van der Waals surface area contributed by atoms with Crippen LogP contribution in [0.2, 0.25) is 0 Å². The molecule has 2 atom stereocenters. The fraction of sp³-hybridized carbons (Fsp3) is 0.538. The van der Waals surface area contributed by atoms with E-state index in [4.69, 9.17) is 5.84 Å². The van der Waals surface area contributed by atoms with Crippen molar-refractivity contribution in [1.29, 1.82) is 0 Å². The molecule has 2 unspecified atom stereocenters. The van der Waals surface area contributed by atoms with Crippen molar-refractivity contribution in [2.24, 2.45) is 5.84 Å². The third-order valence-corrected chi connectivity index (χ3v) is 5.66. The van der Waals surface area contributed by atoms with Crippen LogP contribution < -0.4 is 16.6 Å². The van der Waals surface area contributed by atoms with Crippen LogP contribution in [0.5, 0.6) is 0 Å². The Kier molecular flexibility index (Phi) is 5.63. The first-order valence-corrected chi connectivity index (χ1v) is 8.90. The molecule has 0 bridgehead atoms. The highest BCUT2D eigenvalue weighted by molar-refractivity contribution is 7.99. The second-order valence-corrected chi connectivity index (χ2v) is 6.91. The lowest BCUT2D eigenvalue weighted by molar-refractivity contribution is 0.288. The minimum Gasteiger partial charge on any atom is -0.395 e. The van der Waals surface area contributed by atoms with Gasteiger partial charge in [0.2, 0.25) is 5.95 Å².